The van der Waals surface area contributed by atoms with Gasteiger partial charge in [0.2, 0.25) is 0 Å². The van der Waals surface area contributed by atoms with Crippen molar-refractivity contribution in [2.24, 2.45) is 0 Å². The van der Waals surface area contributed by atoms with Gasteiger partial charge < -0.3 is 0 Å². The predicted octanol–water partition coefficient (Wildman–Crippen LogP) is 5.01. The molecule has 0 fully saturated rings. The lowest BCUT2D eigenvalue weighted by Crippen LogP contribution is -2.36. The number of aromatic nitrogens is 2. The van der Waals surface area contributed by atoms with E-state index < -0.39 is 0 Å². The van der Waals surface area contributed by atoms with Gasteiger partial charge in [-0.3, -0.25) is 0 Å². The van der Waals surface area contributed by atoms with Crippen LogP contribution in [0.3, 0.4) is 0 Å². The molecule has 2 aromatic heterocycles. The molecule has 136 valence electrons. The number of aryl methyl sites for hydroxylation is 5. The average Bonchev–Trinajstić information content (AvgIpc) is 2.59. The Morgan fingerprint density at radius 2 is 1.16 bits per heavy atom. The monoisotopic (exact) mass is 340 g/mol. The Labute approximate surface area is 154 Å². The molecule has 0 aliphatic heterocycles. The van der Waals surface area contributed by atoms with Crippen molar-refractivity contribution in [3.63, 3.8) is 0 Å². The minimum Gasteiger partial charge on any atom is -0.203 e. The minimum atomic E-state index is 1.17. The third-order valence-electron chi connectivity index (χ3n) is 5.12. The van der Waals surface area contributed by atoms with Gasteiger partial charge in [-0.05, 0) is 25.3 Å². The molecule has 0 radical (unpaired) electrons. The second-order valence-corrected chi connectivity index (χ2v) is 7.40. The summed E-state index contributed by atoms with van der Waals surface area (Å²) in [4.78, 5) is 0. The third kappa shape index (κ3) is 7.37. The van der Waals surface area contributed by atoms with Gasteiger partial charge in [0, 0.05) is 51.0 Å². The first-order chi connectivity index (χ1) is 12.2. The SMILES string of the molecule is Cc1cc[n+](CCCCCCCCCC[n+]2ccccc2C)c(C)c1. The summed E-state index contributed by atoms with van der Waals surface area (Å²) in [6.45, 7) is 8.90. The zero-order valence-corrected chi connectivity index (χ0v) is 16.5. The number of hydrogen-bond acceptors (Lipinski definition) is 0. The quantitative estimate of drug-likeness (QED) is 0.401. The minimum absolute atomic E-state index is 1.17. The Morgan fingerprint density at radius 1 is 0.600 bits per heavy atom. The highest BCUT2D eigenvalue weighted by Gasteiger charge is 2.05. The lowest BCUT2D eigenvalue weighted by molar-refractivity contribution is -0.703. The Morgan fingerprint density at radius 3 is 1.72 bits per heavy atom. The molecule has 0 bridgehead atoms. The largest absolute Gasteiger partial charge is 0.203 e. The highest BCUT2D eigenvalue weighted by molar-refractivity contribution is 5.08. The fourth-order valence-corrected chi connectivity index (χ4v) is 3.47. The van der Waals surface area contributed by atoms with Crippen LogP contribution in [-0.4, -0.2) is 0 Å². The fraction of sp³-hybridized carbons (Fsp3) is 0.565. The van der Waals surface area contributed by atoms with Crippen LogP contribution in [0.25, 0.3) is 0 Å². The molecule has 0 atom stereocenters. The van der Waals surface area contributed by atoms with Crippen LogP contribution in [0.15, 0.2) is 42.7 Å². The molecule has 0 N–H and O–H groups in total. The molecule has 0 unspecified atom stereocenters. The lowest BCUT2D eigenvalue weighted by Gasteiger charge is -2.03. The topological polar surface area (TPSA) is 7.76 Å². The van der Waals surface area contributed by atoms with E-state index in [0.717, 1.165) is 0 Å². The van der Waals surface area contributed by atoms with Gasteiger partial charge in [-0.2, -0.15) is 0 Å². The van der Waals surface area contributed by atoms with Crippen molar-refractivity contribution < 1.29 is 9.13 Å². The van der Waals surface area contributed by atoms with Crippen LogP contribution in [0.5, 0.6) is 0 Å². The van der Waals surface area contributed by atoms with Gasteiger partial charge in [0.05, 0.1) is 0 Å². The van der Waals surface area contributed by atoms with E-state index in [1.807, 2.05) is 0 Å². The number of unbranched alkanes of at least 4 members (excludes halogenated alkanes) is 7. The molecular formula is C23H36N2+2. The molecule has 2 aromatic rings. The summed E-state index contributed by atoms with van der Waals surface area (Å²) in [6.07, 6.45) is 15.3. The fourth-order valence-electron chi connectivity index (χ4n) is 3.47. The zero-order valence-electron chi connectivity index (χ0n) is 16.5. The van der Waals surface area contributed by atoms with E-state index in [1.54, 1.807) is 0 Å². The van der Waals surface area contributed by atoms with E-state index in [1.165, 1.54) is 81.4 Å². The summed E-state index contributed by atoms with van der Waals surface area (Å²) >= 11 is 0. The summed E-state index contributed by atoms with van der Waals surface area (Å²) in [5, 5.41) is 0. The second-order valence-electron chi connectivity index (χ2n) is 7.40. The van der Waals surface area contributed by atoms with E-state index in [2.05, 4.69) is 72.6 Å². The van der Waals surface area contributed by atoms with E-state index in [0.29, 0.717) is 0 Å². The van der Waals surface area contributed by atoms with Gasteiger partial charge >= 0.3 is 0 Å². The maximum absolute atomic E-state index is 2.39. The molecule has 0 saturated heterocycles. The molecule has 0 amide bonds. The molecule has 2 heteroatoms. The van der Waals surface area contributed by atoms with Gasteiger partial charge in [-0.1, -0.05) is 31.7 Å². The molecule has 0 aliphatic rings. The van der Waals surface area contributed by atoms with Crippen LogP contribution in [0.1, 0.15) is 68.3 Å². The second kappa shape index (κ2) is 11.0. The molecule has 2 nitrogen and oxygen atoms in total. The van der Waals surface area contributed by atoms with Crippen molar-refractivity contribution in [2.45, 2.75) is 85.2 Å². The Kier molecular flexibility index (Phi) is 8.65. The van der Waals surface area contributed by atoms with Gasteiger partial charge in [0.15, 0.2) is 23.8 Å². The Bertz CT molecular complexity index is 634. The maximum Gasteiger partial charge on any atom is 0.178 e. The average molecular weight is 341 g/mol. The van der Waals surface area contributed by atoms with Gasteiger partial charge in [-0.15, -0.1) is 0 Å². The molecular weight excluding hydrogens is 304 g/mol. The van der Waals surface area contributed by atoms with Crippen molar-refractivity contribution in [2.75, 3.05) is 0 Å². The Balaban J connectivity index is 1.45. The number of hydrogen-bond donors (Lipinski definition) is 0. The smallest absolute Gasteiger partial charge is 0.178 e. The first kappa shape index (κ1) is 19.6. The lowest BCUT2D eigenvalue weighted by atomic mass is 10.1. The van der Waals surface area contributed by atoms with E-state index in [9.17, 15) is 0 Å². The third-order valence-corrected chi connectivity index (χ3v) is 5.12. The zero-order chi connectivity index (χ0) is 17.9. The van der Waals surface area contributed by atoms with Gasteiger partial charge in [0.25, 0.3) is 0 Å². The Hall–Kier alpha value is -1.70. The molecule has 2 rings (SSSR count). The highest BCUT2D eigenvalue weighted by atomic mass is 14.9. The van der Waals surface area contributed by atoms with Crippen molar-refractivity contribution >= 4 is 0 Å². The maximum atomic E-state index is 2.39. The van der Waals surface area contributed by atoms with Gasteiger partial charge in [0.1, 0.15) is 13.1 Å². The molecule has 25 heavy (non-hydrogen) atoms. The van der Waals surface area contributed by atoms with Crippen molar-refractivity contribution in [3.05, 3.63) is 59.7 Å². The van der Waals surface area contributed by atoms with Crippen LogP contribution < -0.4 is 9.13 Å². The van der Waals surface area contributed by atoms with Crippen LogP contribution in [0, 0.1) is 20.8 Å². The van der Waals surface area contributed by atoms with Crippen molar-refractivity contribution in [1.82, 2.24) is 0 Å². The summed E-state index contributed by atoms with van der Waals surface area (Å²) < 4.78 is 4.75. The van der Waals surface area contributed by atoms with E-state index >= 15 is 0 Å². The van der Waals surface area contributed by atoms with Crippen LogP contribution >= 0.6 is 0 Å². The summed E-state index contributed by atoms with van der Waals surface area (Å²) in [5.74, 6) is 0. The summed E-state index contributed by atoms with van der Waals surface area (Å²) in [6, 6.07) is 10.9. The first-order valence-electron chi connectivity index (χ1n) is 10.1. The van der Waals surface area contributed by atoms with Crippen molar-refractivity contribution in [1.29, 1.82) is 0 Å². The molecule has 0 saturated carbocycles. The van der Waals surface area contributed by atoms with Crippen LogP contribution in [0.2, 0.25) is 0 Å². The predicted molar refractivity (Wildman–Crippen MR) is 104 cm³/mol. The first-order valence-corrected chi connectivity index (χ1v) is 10.1. The standard InChI is InChI=1S/C23H36N2/c1-21-15-19-25(23(3)20-21)17-12-9-7-5-4-6-8-11-16-24-18-13-10-14-22(24)2/h10,13-15,18-20H,4-9,11-12,16-17H2,1-3H3/q+2. The molecule has 0 spiro atoms. The van der Waals surface area contributed by atoms with Gasteiger partial charge in [-0.25, -0.2) is 9.13 Å². The molecule has 0 aliphatic carbocycles. The number of pyridine rings is 2. The molecule has 2 heterocycles. The normalized spacial score (nSPS) is 11.0. The highest BCUT2D eigenvalue weighted by Crippen LogP contribution is 2.09. The molecule has 0 aromatic carbocycles. The van der Waals surface area contributed by atoms with E-state index in [-0.39, 0.29) is 0 Å². The van der Waals surface area contributed by atoms with Crippen LogP contribution in [0.4, 0.5) is 0 Å². The van der Waals surface area contributed by atoms with Crippen LogP contribution in [-0.2, 0) is 13.1 Å². The summed E-state index contributed by atoms with van der Waals surface area (Å²) in [7, 11) is 0. The van der Waals surface area contributed by atoms with E-state index in [4.69, 9.17) is 0 Å². The van der Waals surface area contributed by atoms with Crippen molar-refractivity contribution in [3.8, 4) is 0 Å². The number of rotatable bonds is 11. The number of nitrogens with zero attached hydrogens (tertiary/aromatic N) is 2. The summed E-state index contributed by atoms with van der Waals surface area (Å²) in [5.41, 5.74) is 4.10.